The molecule has 0 aromatic heterocycles. The molecule has 0 aliphatic rings. The summed E-state index contributed by atoms with van der Waals surface area (Å²) in [6, 6.07) is 12.1. The minimum atomic E-state index is -0.103. The zero-order valence-corrected chi connectivity index (χ0v) is 13.0. The van der Waals surface area contributed by atoms with Crippen molar-refractivity contribution in [3.8, 4) is 11.5 Å². The van der Waals surface area contributed by atoms with Crippen molar-refractivity contribution in [1.29, 1.82) is 0 Å². The van der Waals surface area contributed by atoms with Crippen LogP contribution in [0.4, 0.5) is 0 Å². The fourth-order valence-corrected chi connectivity index (χ4v) is 2.21. The van der Waals surface area contributed by atoms with E-state index >= 15 is 0 Å². The molecule has 0 radical (unpaired) electrons. The maximum Gasteiger partial charge on any atom is 0.193 e. The Kier molecular flexibility index (Phi) is 4.86. The lowest BCUT2D eigenvalue weighted by Gasteiger charge is -2.11. The average Bonchev–Trinajstić information content (AvgIpc) is 2.46. The number of rotatable bonds is 5. The first kappa shape index (κ1) is 15.4. The minimum absolute atomic E-state index is 0.0609. The van der Waals surface area contributed by atoms with Crippen molar-refractivity contribution in [2.45, 2.75) is 20.0 Å². The van der Waals surface area contributed by atoms with Gasteiger partial charge in [-0.15, -0.1) is 0 Å². The van der Waals surface area contributed by atoms with Crippen LogP contribution in [0, 0.1) is 0 Å². The van der Waals surface area contributed by atoms with Gasteiger partial charge in [0, 0.05) is 11.1 Å². The molecule has 0 N–H and O–H groups in total. The molecular weight excluding hydrogens is 288 g/mol. The van der Waals surface area contributed by atoms with Crippen LogP contribution < -0.4 is 9.47 Å². The highest BCUT2D eigenvalue weighted by Crippen LogP contribution is 2.26. The third-order valence-electron chi connectivity index (χ3n) is 2.88. The molecule has 2 aromatic rings. The summed E-state index contributed by atoms with van der Waals surface area (Å²) in [6.45, 7) is 3.88. The first-order valence-electron chi connectivity index (χ1n) is 6.66. The van der Waals surface area contributed by atoms with Crippen LogP contribution in [0.1, 0.15) is 29.8 Å². The van der Waals surface area contributed by atoms with Crippen LogP contribution in [0.15, 0.2) is 42.5 Å². The Morgan fingerprint density at radius 3 is 2.43 bits per heavy atom. The summed E-state index contributed by atoms with van der Waals surface area (Å²) < 4.78 is 10.7. The summed E-state index contributed by atoms with van der Waals surface area (Å²) in [7, 11) is 1.54. The lowest BCUT2D eigenvalue weighted by molar-refractivity contribution is 0.103. The molecule has 0 atom stereocenters. The van der Waals surface area contributed by atoms with Crippen molar-refractivity contribution in [3.63, 3.8) is 0 Å². The van der Waals surface area contributed by atoms with Gasteiger partial charge in [0.1, 0.15) is 11.5 Å². The van der Waals surface area contributed by atoms with Crippen molar-refractivity contribution < 1.29 is 14.3 Å². The lowest BCUT2D eigenvalue weighted by atomic mass is 10.0. The topological polar surface area (TPSA) is 35.5 Å². The normalized spacial score (nSPS) is 10.5. The smallest absolute Gasteiger partial charge is 0.193 e. The van der Waals surface area contributed by atoms with E-state index in [4.69, 9.17) is 21.1 Å². The van der Waals surface area contributed by atoms with Gasteiger partial charge in [-0.3, -0.25) is 4.79 Å². The van der Waals surface area contributed by atoms with Crippen LogP contribution in [0.2, 0.25) is 5.02 Å². The summed E-state index contributed by atoms with van der Waals surface area (Å²) in [5.41, 5.74) is 1.08. The maximum absolute atomic E-state index is 12.5. The van der Waals surface area contributed by atoms with Crippen molar-refractivity contribution in [1.82, 2.24) is 0 Å². The minimum Gasteiger partial charge on any atom is -0.495 e. The van der Waals surface area contributed by atoms with Crippen molar-refractivity contribution in [2.24, 2.45) is 0 Å². The fraction of sp³-hybridized carbons (Fsp3) is 0.235. The van der Waals surface area contributed by atoms with E-state index < -0.39 is 0 Å². The van der Waals surface area contributed by atoms with Gasteiger partial charge in [-0.2, -0.15) is 0 Å². The number of hydrogen-bond acceptors (Lipinski definition) is 3. The van der Waals surface area contributed by atoms with Crippen molar-refractivity contribution >= 4 is 17.4 Å². The standard InChI is InChI=1S/C17H17ClO3/c1-11(2)21-14-6-4-5-12(9-14)17(19)13-7-8-16(20-3)15(18)10-13/h4-11H,1-3H3. The number of ether oxygens (including phenoxy) is 2. The van der Waals surface area contributed by atoms with Gasteiger partial charge in [0.2, 0.25) is 0 Å². The highest BCUT2D eigenvalue weighted by Gasteiger charge is 2.12. The molecule has 110 valence electrons. The van der Waals surface area contributed by atoms with Gasteiger partial charge in [-0.05, 0) is 44.2 Å². The Hall–Kier alpha value is -2.00. The number of ketones is 1. The highest BCUT2D eigenvalue weighted by atomic mass is 35.5. The second-order valence-electron chi connectivity index (χ2n) is 4.87. The zero-order valence-electron chi connectivity index (χ0n) is 12.2. The Labute approximate surface area is 129 Å². The third kappa shape index (κ3) is 3.76. The Bertz CT molecular complexity index is 650. The number of carbonyl (C=O) groups is 1. The Balaban J connectivity index is 2.29. The molecular formula is C17H17ClO3. The summed E-state index contributed by atoms with van der Waals surface area (Å²) in [4.78, 5) is 12.5. The number of halogens is 1. The molecule has 0 aliphatic heterocycles. The second kappa shape index (κ2) is 6.64. The molecule has 0 saturated heterocycles. The van der Waals surface area contributed by atoms with Crippen LogP contribution >= 0.6 is 11.6 Å². The molecule has 21 heavy (non-hydrogen) atoms. The van der Waals surface area contributed by atoms with E-state index in [9.17, 15) is 4.79 Å². The first-order valence-corrected chi connectivity index (χ1v) is 7.04. The van der Waals surface area contributed by atoms with Gasteiger partial charge < -0.3 is 9.47 Å². The van der Waals surface area contributed by atoms with Crippen LogP contribution in [0.25, 0.3) is 0 Å². The predicted octanol–water partition coefficient (Wildman–Crippen LogP) is 4.37. The van der Waals surface area contributed by atoms with Crippen LogP contribution in [0.3, 0.4) is 0 Å². The zero-order chi connectivity index (χ0) is 15.4. The quantitative estimate of drug-likeness (QED) is 0.770. The molecule has 2 aromatic carbocycles. The maximum atomic E-state index is 12.5. The van der Waals surface area contributed by atoms with Crippen LogP contribution in [0.5, 0.6) is 11.5 Å². The predicted molar refractivity (Wildman–Crippen MR) is 83.6 cm³/mol. The van der Waals surface area contributed by atoms with Gasteiger partial charge in [-0.1, -0.05) is 23.7 Å². The van der Waals surface area contributed by atoms with Gasteiger partial charge in [0.25, 0.3) is 0 Å². The molecule has 0 bridgehead atoms. The van der Waals surface area contributed by atoms with E-state index in [1.165, 1.54) is 7.11 Å². The van der Waals surface area contributed by atoms with Crippen molar-refractivity contribution in [3.05, 3.63) is 58.6 Å². The monoisotopic (exact) mass is 304 g/mol. The molecule has 0 saturated carbocycles. The molecule has 0 amide bonds. The van der Waals surface area contributed by atoms with E-state index in [0.29, 0.717) is 27.6 Å². The SMILES string of the molecule is COc1ccc(C(=O)c2cccc(OC(C)C)c2)cc1Cl. The third-order valence-corrected chi connectivity index (χ3v) is 3.18. The number of methoxy groups -OCH3 is 1. The summed E-state index contributed by atoms with van der Waals surface area (Å²) in [6.07, 6.45) is 0.0609. The molecule has 0 spiro atoms. The Morgan fingerprint density at radius 2 is 1.81 bits per heavy atom. The largest absolute Gasteiger partial charge is 0.495 e. The molecule has 4 heteroatoms. The summed E-state index contributed by atoms with van der Waals surface area (Å²) in [5.74, 6) is 1.12. The van der Waals surface area contributed by atoms with Crippen molar-refractivity contribution in [2.75, 3.05) is 7.11 Å². The van der Waals surface area contributed by atoms with E-state index in [2.05, 4.69) is 0 Å². The fourth-order valence-electron chi connectivity index (χ4n) is 1.96. The van der Waals surface area contributed by atoms with E-state index in [1.807, 2.05) is 19.9 Å². The van der Waals surface area contributed by atoms with E-state index in [1.54, 1.807) is 36.4 Å². The first-order chi connectivity index (χ1) is 10.0. The second-order valence-corrected chi connectivity index (χ2v) is 5.28. The molecule has 0 unspecified atom stereocenters. The molecule has 2 rings (SSSR count). The van der Waals surface area contributed by atoms with E-state index in [0.717, 1.165) is 0 Å². The summed E-state index contributed by atoms with van der Waals surface area (Å²) in [5, 5.41) is 0.415. The van der Waals surface area contributed by atoms with Gasteiger partial charge >= 0.3 is 0 Å². The molecule has 0 heterocycles. The van der Waals surface area contributed by atoms with E-state index in [-0.39, 0.29) is 11.9 Å². The Morgan fingerprint density at radius 1 is 1.10 bits per heavy atom. The van der Waals surface area contributed by atoms with Crippen LogP contribution in [-0.2, 0) is 0 Å². The number of carbonyl (C=O) groups excluding carboxylic acids is 1. The molecule has 3 nitrogen and oxygen atoms in total. The summed E-state index contributed by atoms with van der Waals surface area (Å²) >= 11 is 6.06. The highest BCUT2D eigenvalue weighted by molar-refractivity contribution is 6.32. The van der Waals surface area contributed by atoms with Gasteiger partial charge in [-0.25, -0.2) is 0 Å². The molecule has 0 aliphatic carbocycles. The number of hydrogen-bond donors (Lipinski definition) is 0. The number of benzene rings is 2. The van der Waals surface area contributed by atoms with Gasteiger partial charge in [0.05, 0.1) is 18.2 Å². The van der Waals surface area contributed by atoms with Gasteiger partial charge in [0.15, 0.2) is 5.78 Å². The molecule has 0 fully saturated rings. The van der Waals surface area contributed by atoms with Crippen LogP contribution in [-0.4, -0.2) is 19.0 Å². The lowest BCUT2D eigenvalue weighted by Crippen LogP contribution is -2.07. The average molecular weight is 305 g/mol.